The van der Waals surface area contributed by atoms with E-state index < -0.39 is 24.7 Å². The van der Waals surface area contributed by atoms with E-state index in [-0.39, 0.29) is 0 Å². The molecule has 0 radical (unpaired) electrons. The van der Waals surface area contributed by atoms with E-state index in [1.165, 1.54) is 0 Å². The molecule has 0 saturated heterocycles. The van der Waals surface area contributed by atoms with Crippen LogP contribution in [-0.4, -0.2) is 36.7 Å². The molecule has 0 aliphatic carbocycles. The molecule has 0 heterocycles. The van der Waals surface area contributed by atoms with E-state index in [0.717, 1.165) is 0 Å². The Labute approximate surface area is 49.0 Å². The van der Waals surface area contributed by atoms with Gasteiger partial charge in [0.05, 0.1) is 0 Å². The van der Waals surface area contributed by atoms with Crippen molar-refractivity contribution in [3.63, 3.8) is 0 Å². The van der Waals surface area contributed by atoms with E-state index in [0.29, 0.717) is 4.31 Å². The second-order valence-corrected chi connectivity index (χ2v) is 1.93. The highest BCUT2D eigenvalue weighted by atomic mass is 32.2. The molecule has 0 amide bonds. The molecule has 0 saturated carbocycles. The predicted molar refractivity (Wildman–Crippen MR) is 24.9 cm³/mol. The van der Waals surface area contributed by atoms with E-state index >= 15 is 0 Å². The van der Waals surface area contributed by atoms with Gasteiger partial charge in [0.15, 0.2) is 0 Å². The number of rotatable bonds is 3. The van der Waals surface area contributed by atoms with Gasteiger partial charge >= 0.3 is 0 Å². The summed E-state index contributed by atoms with van der Waals surface area (Å²) < 4.78 is 20.0. The Morgan fingerprint density at radius 1 is 1.50 bits per heavy atom. The summed E-state index contributed by atoms with van der Waals surface area (Å²) in [5.41, 5.74) is 0. The fourth-order valence-electron chi connectivity index (χ4n) is 0.139. The van der Waals surface area contributed by atoms with E-state index in [2.05, 4.69) is 0 Å². The Morgan fingerprint density at radius 3 is 1.88 bits per heavy atom. The molecular weight excluding hydrogens is 134 g/mol. The van der Waals surface area contributed by atoms with Crippen LogP contribution in [0.25, 0.3) is 0 Å². The van der Waals surface area contributed by atoms with Gasteiger partial charge in [-0.05, 0) is 0 Å². The molecule has 1 atom stereocenters. The summed E-state index contributed by atoms with van der Waals surface area (Å²) >= 11 is -2.52. The third kappa shape index (κ3) is 2.34. The Kier molecular flexibility index (Phi) is 3.92. The van der Waals surface area contributed by atoms with Crippen LogP contribution in [0.4, 0.5) is 0 Å². The lowest BCUT2D eigenvalue weighted by molar-refractivity contribution is 0.0944. The van der Waals surface area contributed by atoms with Crippen molar-refractivity contribution < 1.29 is 19.0 Å². The quantitative estimate of drug-likeness (QED) is 0.350. The van der Waals surface area contributed by atoms with Crippen molar-refractivity contribution in [2.75, 3.05) is 13.5 Å². The van der Waals surface area contributed by atoms with Gasteiger partial charge in [-0.3, -0.25) is 4.21 Å². The molecule has 6 heteroatoms. The Hall–Kier alpha value is -0.0100. The molecule has 0 fully saturated rings. The van der Waals surface area contributed by atoms with Crippen LogP contribution in [0.1, 0.15) is 0 Å². The Morgan fingerprint density at radius 2 is 1.88 bits per heavy atom. The molecule has 5 nitrogen and oxygen atoms in total. The smallest absolute Gasteiger partial charge is 0.108 e. The highest BCUT2D eigenvalue weighted by Gasteiger charge is 1.96. The molecule has 0 aliphatic heterocycles. The highest BCUT2D eigenvalue weighted by molar-refractivity contribution is 7.76. The van der Waals surface area contributed by atoms with Crippen LogP contribution in [0.5, 0.6) is 0 Å². The van der Waals surface area contributed by atoms with Gasteiger partial charge in [0.1, 0.15) is 13.5 Å². The van der Waals surface area contributed by atoms with Gasteiger partial charge in [-0.15, -0.1) is 0 Å². The first-order valence-electron chi connectivity index (χ1n) is 1.78. The first-order chi connectivity index (χ1) is 3.72. The third-order valence-electron chi connectivity index (χ3n) is 0.526. The number of hydrogen-bond donors (Lipinski definition) is 2. The predicted octanol–water partition coefficient (Wildman–Crippen LogP) is -2.02. The van der Waals surface area contributed by atoms with Gasteiger partial charge in [-0.25, -0.2) is 0 Å². The summed E-state index contributed by atoms with van der Waals surface area (Å²) in [7, 11) is 0. The van der Waals surface area contributed by atoms with Crippen molar-refractivity contribution in [2.24, 2.45) is 0 Å². The molecule has 0 aromatic rings. The van der Waals surface area contributed by atoms with Crippen LogP contribution in [0.3, 0.4) is 0 Å². The summed E-state index contributed by atoms with van der Waals surface area (Å²) in [5.74, 6) is 0. The summed E-state index contributed by atoms with van der Waals surface area (Å²) in [6, 6.07) is 0. The molecule has 0 spiro atoms. The zero-order chi connectivity index (χ0) is 6.57. The summed E-state index contributed by atoms with van der Waals surface area (Å²) in [5, 5.41) is 16.1. The van der Waals surface area contributed by atoms with Crippen molar-refractivity contribution in [1.29, 1.82) is 0 Å². The molecule has 0 aliphatic rings. The second kappa shape index (κ2) is 3.93. The van der Waals surface area contributed by atoms with Crippen molar-refractivity contribution in [3.05, 3.63) is 0 Å². The summed E-state index contributed by atoms with van der Waals surface area (Å²) in [6.45, 7) is -1.38. The van der Waals surface area contributed by atoms with E-state index in [1.807, 2.05) is 0 Å². The molecule has 0 rings (SSSR count). The molecule has 0 aromatic heterocycles. The average Bonchev–Trinajstić information content (AvgIpc) is 1.69. The van der Waals surface area contributed by atoms with Gasteiger partial charge in [0, 0.05) is 11.3 Å². The molecule has 1 unspecified atom stereocenters. The number of nitrogens with zero attached hydrogens (tertiary/aromatic N) is 1. The molecule has 0 bridgehead atoms. The first-order valence-corrected chi connectivity index (χ1v) is 2.81. The fraction of sp³-hybridized carbons (Fsp3) is 1.00. The van der Waals surface area contributed by atoms with Crippen molar-refractivity contribution in [1.82, 2.24) is 4.31 Å². The Bertz CT molecular complexity index is 82.1. The lowest BCUT2D eigenvalue weighted by Gasteiger charge is -2.17. The number of aliphatic hydroxyl groups is 2. The number of aliphatic hydroxyl groups excluding tert-OH is 2. The van der Waals surface area contributed by atoms with Crippen LogP contribution < -0.4 is 0 Å². The maximum absolute atomic E-state index is 9.77. The number of hydrogen-bond acceptors (Lipinski definition) is 4. The van der Waals surface area contributed by atoms with E-state index in [1.54, 1.807) is 0 Å². The molecular formula is C2H6NO4S-. The van der Waals surface area contributed by atoms with Crippen molar-refractivity contribution >= 4 is 11.3 Å². The van der Waals surface area contributed by atoms with Gasteiger partial charge < -0.3 is 14.8 Å². The van der Waals surface area contributed by atoms with Crippen LogP contribution in [-0.2, 0) is 11.3 Å². The minimum atomic E-state index is -2.52. The van der Waals surface area contributed by atoms with Crippen LogP contribution >= 0.6 is 0 Å². The fourth-order valence-corrected chi connectivity index (χ4v) is 0.328. The van der Waals surface area contributed by atoms with E-state index in [4.69, 9.17) is 10.2 Å². The standard InChI is InChI=1S/C2H7NO4S/c4-1-3(2-5)8(6)7/h4-5H,1-2H2,(H,6,7)/p-1. The second-order valence-electron chi connectivity index (χ2n) is 0.982. The third-order valence-corrected chi connectivity index (χ3v) is 1.18. The lowest BCUT2D eigenvalue weighted by Crippen LogP contribution is -2.27. The monoisotopic (exact) mass is 140 g/mol. The SMILES string of the molecule is O=S([O-])N(CO)CO. The molecule has 0 aromatic carbocycles. The highest BCUT2D eigenvalue weighted by Crippen LogP contribution is 1.84. The van der Waals surface area contributed by atoms with Crippen molar-refractivity contribution in [2.45, 2.75) is 0 Å². The minimum Gasteiger partial charge on any atom is -0.759 e. The van der Waals surface area contributed by atoms with Crippen LogP contribution in [0, 0.1) is 0 Å². The summed E-state index contributed by atoms with van der Waals surface area (Å²) in [4.78, 5) is 0. The van der Waals surface area contributed by atoms with Crippen LogP contribution in [0.15, 0.2) is 0 Å². The molecule has 8 heavy (non-hydrogen) atoms. The largest absolute Gasteiger partial charge is 0.759 e. The average molecular weight is 140 g/mol. The van der Waals surface area contributed by atoms with Gasteiger partial charge in [-0.1, -0.05) is 0 Å². The van der Waals surface area contributed by atoms with Crippen LogP contribution in [0.2, 0.25) is 0 Å². The van der Waals surface area contributed by atoms with Gasteiger partial charge in [0.2, 0.25) is 0 Å². The van der Waals surface area contributed by atoms with Gasteiger partial charge in [0.25, 0.3) is 0 Å². The van der Waals surface area contributed by atoms with E-state index in [9.17, 15) is 8.76 Å². The maximum Gasteiger partial charge on any atom is 0.108 e. The topological polar surface area (TPSA) is 83.8 Å². The zero-order valence-corrected chi connectivity index (χ0v) is 4.80. The molecule has 2 N–H and O–H groups in total. The zero-order valence-electron chi connectivity index (χ0n) is 3.98. The maximum atomic E-state index is 9.77. The minimum absolute atomic E-state index is 0.444. The lowest BCUT2D eigenvalue weighted by atomic mass is 11.1. The Balaban J connectivity index is 3.52. The first kappa shape index (κ1) is 7.99. The van der Waals surface area contributed by atoms with Gasteiger partial charge in [-0.2, -0.15) is 4.31 Å². The van der Waals surface area contributed by atoms with Crippen molar-refractivity contribution in [3.8, 4) is 0 Å². The molecule has 50 valence electrons. The normalized spacial score (nSPS) is 14.5. The summed E-state index contributed by atoms with van der Waals surface area (Å²) in [6.07, 6.45) is 0.